The maximum atomic E-state index is 6.41. The van der Waals surface area contributed by atoms with Crippen LogP contribution in [0.5, 0.6) is 0 Å². The van der Waals surface area contributed by atoms with Gasteiger partial charge in [-0.2, -0.15) is 0 Å². The number of furan rings is 1. The molecule has 0 spiro atoms. The largest absolute Gasteiger partial charge is 0.465 e. The van der Waals surface area contributed by atoms with Crippen LogP contribution >= 0.6 is 0 Å². The van der Waals surface area contributed by atoms with Crippen LogP contribution in [-0.2, 0) is 0 Å². The van der Waals surface area contributed by atoms with Gasteiger partial charge < -0.3 is 10.2 Å². The summed E-state index contributed by atoms with van der Waals surface area (Å²) in [5, 5.41) is 0. The van der Waals surface area contributed by atoms with Crippen molar-refractivity contribution in [3.8, 4) is 0 Å². The fourth-order valence-corrected chi connectivity index (χ4v) is 2.31. The van der Waals surface area contributed by atoms with Gasteiger partial charge in [0.25, 0.3) is 0 Å². The predicted octanol–water partition coefficient (Wildman–Crippen LogP) is 3.34. The van der Waals surface area contributed by atoms with Gasteiger partial charge in [-0.25, -0.2) is 0 Å². The zero-order valence-corrected chi connectivity index (χ0v) is 9.33. The summed E-state index contributed by atoms with van der Waals surface area (Å²) < 4.78 is 5.31. The van der Waals surface area contributed by atoms with E-state index in [-0.39, 0.29) is 5.54 Å². The third-order valence-corrected chi connectivity index (χ3v) is 3.43. The molecule has 1 aromatic heterocycles. The van der Waals surface area contributed by atoms with Crippen LogP contribution in [0.1, 0.15) is 44.8 Å². The van der Waals surface area contributed by atoms with Crippen molar-refractivity contribution in [3.05, 3.63) is 29.7 Å². The smallest absolute Gasteiger partial charge is 0.126 e. The quantitative estimate of drug-likeness (QED) is 0.804. The van der Waals surface area contributed by atoms with Crippen LogP contribution in [0.2, 0.25) is 0 Å². The first-order chi connectivity index (χ1) is 7.21. The van der Waals surface area contributed by atoms with Gasteiger partial charge in [-0.05, 0) is 43.5 Å². The van der Waals surface area contributed by atoms with E-state index in [0.29, 0.717) is 0 Å². The molecule has 1 saturated carbocycles. The van der Waals surface area contributed by atoms with Crippen molar-refractivity contribution in [1.29, 1.82) is 0 Å². The average Bonchev–Trinajstić information content (AvgIpc) is 2.71. The van der Waals surface area contributed by atoms with E-state index in [1.807, 2.05) is 12.1 Å². The van der Waals surface area contributed by atoms with Crippen molar-refractivity contribution < 1.29 is 4.42 Å². The van der Waals surface area contributed by atoms with Crippen LogP contribution in [0, 0.1) is 0 Å². The van der Waals surface area contributed by atoms with Gasteiger partial charge in [0.15, 0.2) is 0 Å². The summed E-state index contributed by atoms with van der Waals surface area (Å²) in [6.45, 7) is 2.12. The van der Waals surface area contributed by atoms with E-state index in [1.54, 1.807) is 6.26 Å². The minimum Gasteiger partial charge on any atom is -0.465 e. The molecule has 1 aliphatic carbocycles. The topological polar surface area (TPSA) is 39.2 Å². The Labute approximate surface area is 91.2 Å². The van der Waals surface area contributed by atoms with E-state index in [4.69, 9.17) is 10.2 Å². The van der Waals surface area contributed by atoms with Crippen molar-refractivity contribution in [3.63, 3.8) is 0 Å². The second-order valence-corrected chi connectivity index (χ2v) is 4.56. The minimum absolute atomic E-state index is 0.0922. The highest BCUT2D eigenvalue weighted by molar-refractivity contribution is 5.50. The van der Waals surface area contributed by atoms with Crippen LogP contribution in [0.3, 0.4) is 0 Å². The molecule has 0 aromatic carbocycles. The number of hydrogen-bond acceptors (Lipinski definition) is 2. The molecule has 1 fully saturated rings. The van der Waals surface area contributed by atoms with Crippen LogP contribution in [-0.4, -0.2) is 5.54 Å². The molecule has 0 bridgehead atoms. The molecule has 2 nitrogen and oxygen atoms in total. The highest BCUT2D eigenvalue weighted by Crippen LogP contribution is 2.32. The van der Waals surface area contributed by atoms with E-state index in [0.717, 1.165) is 18.6 Å². The van der Waals surface area contributed by atoms with Gasteiger partial charge in [0, 0.05) is 5.54 Å². The first kappa shape index (κ1) is 10.5. The standard InChI is InChI=1S/C13H19NO/c1-11(10-12-6-5-9-15-12)13(14)7-3-2-4-8-13/h5-6,9-10H,2-4,7-8,14H2,1H3/b11-10+. The molecule has 82 valence electrons. The Bertz CT molecular complexity index is 331. The SMILES string of the molecule is C/C(=C\c1ccco1)C1(N)CCCCC1. The Morgan fingerprint density at radius 1 is 1.40 bits per heavy atom. The predicted molar refractivity (Wildman–Crippen MR) is 62.4 cm³/mol. The monoisotopic (exact) mass is 205 g/mol. The minimum atomic E-state index is -0.0922. The number of hydrogen-bond donors (Lipinski definition) is 1. The highest BCUT2D eigenvalue weighted by Gasteiger charge is 2.28. The van der Waals surface area contributed by atoms with Crippen molar-refractivity contribution in [2.75, 3.05) is 0 Å². The molecule has 1 aromatic rings. The van der Waals surface area contributed by atoms with Gasteiger partial charge in [-0.15, -0.1) is 0 Å². The Balaban J connectivity index is 2.15. The Morgan fingerprint density at radius 3 is 2.73 bits per heavy atom. The molecule has 15 heavy (non-hydrogen) atoms. The Hall–Kier alpha value is -1.02. The van der Waals surface area contributed by atoms with Gasteiger partial charge in [0.2, 0.25) is 0 Å². The summed E-state index contributed by atoms with van der Waals surface area (Å²) in [4.78, 5) is 0. The zero-order chi connectivity index (χ0) is 10.7. The lowest BCUT2D eigenvalue weighted by Gasteiger charge is -2.34. The molecule has 2 rings (SSSR count). The summed E-state index contributed by atoms with van der Waals surface area (Å²) in [7, 11) is 0. The van der Waals surface area contributed by atoms with Crippen LogP contribution in [0.4, 0.5) is 0 Å². The summed E-state index contributed by atoms with van der Waals surface area (Å²) in [5.74, 6) is 0.905. The first-order valence-corrected chi connectivity index (χ1v) is 5.72. The lowest BCUT2D eigenvalue weighted by atomic mass is 9.77. The molecule has 0 saturated heterocycles. The molecular formula is C13H19NO. The van der Waals surface area contributed by atoms with Crippen molar-refractivity contribution in [2.24, 2.45) is 5.73 Å². The van der Waals surface area contributed by atoms with Crippen molar-refractivity contribution in [2.45, 2.75) is 44.6 Å². The maximum absolute atomic E-state index is 6.41. The van der Waals surface area contributed by atoms with Crippen molar-refractivity contribution >= 4 is 6.08 Å². The molecule has 2 heteroatoms. The molecule has 0 atom stereocenters. The van der Waals surface area contributed by atoms with Gasteiger partial charge in [0.05, 0.1) is 6.26 Å². The maximum Gasteiger partial charge on any atom is 0.126 e. The molecule has 0 amide bonds. The van der Waals surface area contributed by atoms with Gasteiger partial charge in [0.1, 0.15) is 5.76 Å². The van der Waals surface area contributed by atoms with E-state index >= 15 is 0 Å². The normalized spacial score (nSPS) is 21.6. The Morgan fingerprint density at radius 2 is 2.13 bits per heavy atom. The average molecular weight is 205 g/mol. The summed E-state index contributed by atoms with van der Waals surface area (Å²) >= 11 is 0. The molecule has 0 radical (unpaired) electrons. The van der Waals surface area contributed by atoms with E-state index in [1.165, 1.54) is 24.8 Å². The first-order valence-electron chi connectivity index (χ1n) is 5.72. The number of nitrogens with two attached hydrogens (primary N) is 1. The summed E-state index contributed by atoms with van der Waals surface area (Å²) in [6.07, 6.45) is 9.81. The molecule has 1 aliphatic rings. The van der Waals surface area contributed by atoms with Crippen molar-refractivity contribution in [1.82, 2.24) is 0 Å². The fourth-order valence-electron chi connectivity index (χ4n) is 2.31. The highest BCUT2D eigenvalue weighted by atomic mass is 16.3. The third-order valence-electron chi connectivity index (χ3n) is 3.43. The fraction of sp³-hybridized carbons (Fsp3) is 0.538. The third kappa shape index (κ3) is 2.32. The van der Waals surface area contributed by atoms with Gasteiger partial charge in [-0.3, -0.25) is 0 Å². The Kier molecular flexibility index (Phi) is 2.96. The zero-order valence-electron chi connectivity index (χ0n) is 9.33. The summed E-state index contributed by atoms with van der Waals surface area (Å²) in [6, 6.07) is 3.87. The lowest BCUT2D eigenvalue weighted by molar-refractivity contribution is 0.343. The van der Waals surface area contributed by atoms with Crippen LogP contribution in [0.15, 0.2) is 28.4 Å². The molecule has 2 N–H and O–H groups in total. The number of rotatable bonds is 2. The van der Waals surface area contributed by atoms with Crippen LogP contribution in [0.25, 0.3) is 6.08 Å². The van der Waals surface area contributed by atoms with Gasteiger partial charge in [-0.1, -0.05) is 19.3 Å². The van der Waals surface area contributed by atoms with E-state index < -0.39 is 0 Å². The lowest BCUT2D eigenvalue weighted by Crippen LogP contribution is -2.42. The summed E-state index contributed by atoms with van der Waals surface area (Å²) in [5.41, 5.74) is 7.56. The molecule has 1 heterocycles. The molecule has 0 unspecified atom stereocenters. The molecule has 0 aliphatic heterocycles. The molecular weight excluding hydrogens is 186 g/mol. The van der Waals surface area contributed by atoms with Gasteiger partial charge >= 0.3 is 0 Å². The van der Waals surface area contributed by atoms with Crippen LogP contribution < -0.4 is 5.73 Å². The second-order valence-electron chi connectivity index (χ2n) is 4.56. The van der Waals surface area contributed by atoms with E-state index in [9.17, 15) is 0 Å². The van der Waals surface area contributed by atoms with E-state index in [2.05, 4.69) is 13.0 Å². The second kappa shape index (κ2) is 4.23.